The number of benzene rings is 1. The molecule has 3 unspecified atom stereocenters. The number of piperidine rings is 1. The van der Waals surface area contributed by atoms with E-state index in [2.05, 4.69) is 36.9 Å². The first kappa shape index (κ1) is 25.0. The van der Waals surface area contributed by atoms with Crippen LogP contribution in [-0.2, 0) is 14.4 Å². The summed E-state index contributed by atoms with van der Waals surface area (Å²) in [6.45, 7) is 0.606. The highest BCUT2D eigenvalue weighted by molar-refractivity contribution is 9.10. The molecular formula is C24H30BrN5O5. The van der Waals surface area contributed by atoms with Crippen LogP contribution < -0.4 is 26.4 Å². The van der Waals surface area contributed by atoms with Crippen LogP contribution in [0.2, 0.25) is 0 Å². The number of carbonyl (C=O) groups is 4. The molecular weight excluding hydrogens is 518 g/mol. The van der Waals surface area contributed by atoms with Gasteiger partial charge < -0.3 is 31.4 Å². The van der Waals surface area contributed by atoms with Crippen molar-refractivity contribution in [3.63, 3.8) is 0 Å². The number of ether oxygens (including phenoxy) is 1. The van der Waals surface area contributed by atoms with Crippen molar-refractivity contribution in [3.8, 4) is 5.75 Å². The molecule has 1 aliphatic heterocycles. The lowest BCUT2D eigenvalue weighted by atomic mass is 9.91. The van der Waals surface area contributed by atoms with E-state index in [-0.39, 0.29) is 18.0 Å². The van der Waals surface area contributed by atoms with Gasteiger partial charge in [0.15, 0.2) is 0 Å². The number of halogens is 1. The van der Waals surface area contributed by atoms with Crippen LogP contribution in [0.4, 0.5) is 0 Å². The fraction of sp³-hybridized carbons (Fsp3) is 0.500. The monoisotopic (exact) mass is 547 g/mol. The standard InChI is InChI=1S/C24H30BrN5O5/c1-35-19-7-6-15(25)20-14(19)11-18(28-20)24(34)30-17(9-12-4-5-12)23(33)29-16(21(26)31)10-13-3-2-8-27-22(13)32/h6-7,11-13,16-17,28H,2-5,8-10H2,1H3,(H2,26,31)(H,27,32)(H,29,33)(H,30,34). The summed E-state index contributed by atoms with van der Waals surface area (Å²) in [5.74, 6) is -1.22. The van der Waals surface area contributed by atoms with Crippen LogP contribution >= 0.6 is 15.9 Å². The first-order valence-electron chi connectivity index (χ1n) is 11.8. The van der Waals surface area contributed by atoms with Gasteiger partial charge in [-0.3, -0.25) is 19.2 Å². The Morgan fingerprint density at radius 3 is 2.60 bits per heavy atom. The Morgan fingerprint density at radius 1 is 1.17 bits per heavy atom. The number of hydrogen-bond donors (Lipinski definition) is 5. The summed E-state index contributed by atoms with van der Waals surface area (Å²) in [5.41, 5.74) is 6.53. The first-order valence-corrected chi connectivity index (χ1v) is 12.6. The molecule has 0 bridgehead atoms. The van der Waals surface area contributed by atoms with E-state index in [1.54, 1.807) is 19.2 Å². The summed E-state index contributed by atoms with van der Waals surface area (Å²) in [6, 6.07) is 3.45. The maximum absolute atomic E-state index is 13.2. The molecule has 1 aromatic heterocycles. The van der Waals surface area contributed by atoms with Crippen molar-refractivity contribution < 1.29 is 23.9 Å². The van der Waals surface area contributed by atoms with Gasteiger partial charge in [0.1, 0.15) is 23.5 Å². The van der Waals surface area contributed by atoms with Crippen LogP contribution in [0.15, 0.2) is 22.7 Å². The largest absolute Gasteiger partial charge is 0.496 e. The SMILES string of the molecule is COc1ccc(Br)c2[nH]c(C(=O)NC(CC3CC3)C(=O)NC(CC3CCCNC3=O)C(N)=O)cc12. The van der Waals surface area contributed by atoms with E-state index in [1.165, 1.54) is 0 Å². The number of H-pyrrole nitrogens is 1. The van der Waals surface area contributed by atoms with Crippen molar-refractivity contribution in [2.45, 2.75) is 50.6 Å². The molecule has 4 amide bonds. The molecule has 10 nitrogen and oxygen atoms in total. The Labute approximate surface area is 211 Å². The second-order valence-electron chi connectivity index (χ2n) is 9.26. The number of aromatic amines is 1. The zero-order valence-electron chi connectivity index (χ0n) is 19.5. The molecule has 4 rings (SSSR count). The van der Waals surface area contributed by atoms with Crippen LogP contribution in [0.25, 0.3) is 10.9 Å². The van der Waals surface area contributed by atoms with Gasteiger partial charge in [0.2, 0.25) is 17.7 Å². The predicted octanol–water partition coefficient (Wildman–Crippen LogP) is 1.72. The van der Waals surface area contributed by atoms with Gasteiger partial charge in [-0.25, -0.2) is 0 Å². The van der Waals surface area contributed by atoms with Crippen molar-refractivity contribution in [2.75, 3.05) is 13.7 Å². The van der Waals surface area contributed by atoms with Crippen molar-refractivity contribution in [2.24, 2.45) is 17.6 Å². The van der Waals surface area contributed by atoms with E-state index in [1.807, 2.05) is 6.07 Å². The fourth-order valence-corrected chi connectivity index (χ4v) is 4.92. The lowest BCUT2D eigenvalue weighted by Crippen LogP contribution is -2.54. The number of nitrogens with two attached hydrogens (primary N) is 1. The predicted molar refractivity (Wildman–Crippen MR) is 133 cm³/mol. The molecule has 35 heavy (non-hydrogen) atoms. The highest BCUT2D eigenvalue weighted by atomic mass is 79.9. The third-order valence-corrected chi connectivity index (χ3v) is 7.30. The van der Waals surface area contributed by atoms with Gasteiger partial charge in [0.05, 0.1) is 12.6 Å². The molecule has 2 aromatic rings. The van der Waals surface area contributed by atoms with Crippen molar-refractivity contribution in [1.82, 2.24) is 20.9 Å². The third kappa shape index (κ3) is 5.95. The number of amides is 4. The Kier molecular flexibility index (Phi) is 7.63. The molecule has 3 atom stereocenters. The van der Waals surface area contributed by atoms with E-state index in [0.717, 1.165) is 29.1 Å². The van der Waals surface area contributed by atoms with Crippen LogP contribution in [-0.4, -0.2) is 54.4 Å². The Hall–Kier alpha value is -3.08. The molecule has 188 valence electrons. The van der Waals surface area contributed by atoms with Gasteiger partial charge in [-0.1, -0.05) is 12.8 Å². The molecule has 1 saturated carbocycles. The van der Waals surface area contributed by atoms with Crippen LogP contribution in [0, 0.1) is 11.8 Å². The Bertz CT molecular complexity index is 1140. The number of rotatable bonds is 10. The Morgan fingerprint density at radius 2 is 1.94 bits per heavy atom. The van der Waals surface area contributed by atoms with Gasteiger partial charge in [0.25, 0.3) is 5.91 Å². The van der Waals surface area contributed by atoms with Gasteiger partial charge in [-0.05, 0) is 65.7 Å². The van der Waals surface area contributed by atoms with Gasteiger partial charge in [-0.2, -0.15) is 0 Å². The molecule has 2 fully saturated rings. The number of aromatic nitrogens is 1. The van der Waals surface area contributed by atoms with Crippen LogP contribution in [0.3, 0.4) is 0 Å². The average molecular weight is 548 g/mol. The second-order valence-corrected chi connectivity index (χ2v) is 10.1. The number of methoxy groups -OCH3 is 1. The molecule has 2 heterocycles. The summed E-state index contributed by atoms with van der Waals surface area (Å²) in [4.78, 5) is 53.5. The molecule has 0 spiro atoms. The van der Waals surface area contributed by atoms with E-state index < -0.39 is 35.7 Å². The molecule has 1 saturated heterocycles. The zero-order chi connectivity index (χ0) is 25.1. The summed E-state index contributed by atoms with van der Waals surface area (Å²) >= 11 is 3.47. The topological polar surface area (TPSA) is 155 Å². The number of hydrogen-bond acceptors (Lipinski definition) is 5. The van der Waals surface area contributed by atoms with Crippen molar-refractivity contribution >= 4 is 50.5 Å². The molecule has 1 aromatic carbocycles. The first-order chi connectivity index (χ1) is 16.8. The summed E-state index contributed by atoms with van der Waals surface area (Å²) in [6.07, 6.45) is 4.00. The minimum absolute atomic E-state index is 0.132. The van der Waals surface area contributed by atoms with Crippen LogP contribution in [0.1, 0.15) is 49.0 Å². The maximum atomic E-state index is 13.2. The minimum atomic E-state index is -0.997. The average Bonchev–Trinajstić information content (AvgIpc) is 3.53. The number of fused-ring (bicyclic) bond motifs is 1. The highest BCUT2D eigenvalue weighted by Crippen LogP contribution is 2.34. The van der Waals surface area contributed by atoms with E-state index in [9.17, 15) is 19.2 Å². The molecule has 6 N–H and O–H groups in total. The smallest absolute Gasteiger partial charge is 0.268 e. The van der Waals surface area contributed by atoms with Gasteiger partial charge >= 0.3 is 0 Å². The van der Waals surface area contributed by atoms with E-state index in [0.29, 0.717) is 36.6 Å². The second kappa shape index (κ2) is 10.7. The lowest BCUT2D eigenvalue weighted by molar-refractivity contribution is -0.131. The normalized spacial score (nSPS) is 19.5. The molecule has 2 aliphatic rings. The quantitative estimate of drug-likeness (QED) is 0.306. The number of nitrogens with one attached hydrogen (secondary N) is 4. The summed E-state index contributed by atoms with van der Waals surface area (Å²) < 4.78 is 6.16. The number of primary amides is 1. The van der Waals surface area contributed by atoms with Gasteiger partial charge in [-0.15, -0.1) is 0 Å². The number of carbonyl (C=O) groups excluding carboxylic acids is 4. The molecule has 0 radical (unpaired) electrons. The van der Waals surface area contributed by atoms with Crippen molar-refractivity contribution in [3.05, 3.63) is 28.4 Å². The van der Waals surface area contributed by atoms with E-state index in [4.69, 9.17) is 10.5 Å². The van der Waals surface area contributed by atoms with E-state index >= 15 is 0 Å². The molecule has 1 aliphatic carbocycles. The molecule has 11 heteroatoms. The summed E-state index contributed by atoms with van der Waals surface area (Å²) in [5, 5.41) is 9.00. The van der Waals surface area contributed by atoms with Gasteiger partial charge in [0, 0.05) is 22.3 Å². The minimum Gasteiger partial charge on any atom is -0.496 e. The maximum Gasteiger partial charge on any atom is 0.268 e. The zero-order valence-corrected chi connectivity index (χ0v) is 21.1. The third-order valence-electron chi connectivity index (χ3n) is 6.63. The highest BCUT2D eigenvalue weighted by Gasteiger charge is 2.34. The van der Waals surface area contributed by atoms with Crippen molar-refractivity contribution in [1.29, 1.82) is 0 Å². The Balaban J connectivity index is 1.48. The summed E-state index contributed by atoms with van der Waals surface area (Å²) in [7, 11) is 1.55. The van der Waals surface area contributed by atoms with Crippen LogP contribution in [0.5, 0.6) is 5.75 Å². The lowest BCUT2D eigenvalue weighted by Gasteiger charge is -2.27. The fourth-order valence-electron chi connectivity index (χ4n) is 4.48.